The summed E-state index contributed by atoms with van der Waals surface area (Å²) >= 11 is 0. The molecule has 1 aliphatic rings. The molecular formula is C28H35N3O10. The minimum atomic E-state index is -0.994. The summed E-state index contributed by atoms with van der Waals surface area (Å²) in [5.41, 5.74) is -1.90. The molecule has 2 aromatic rings. The SMILES string of the molecule is COc1cc([C@@H](OCc2cn([C@H]3CC(O)[C@@H](CO)O3)c(=O)[nH]c2=O)C(C)(C)C)c([N+](=O)[O-])cc1C#CCCC(C)=O. The van der Waals surface area contributed by atoms with E-state index < -0.39 is 52.7 Å². The predicted octanol–water partition coefficient (Wildman–Crippen LogP) is 2.12. The van der Waals surface area contributed by atoms with Gasteiger partial charge in [0.05, 0.1) is 54.1 Å². The number of aliphatic hydroxyl groups excluding tert-OH is 2. The summed E-state index contributed by atoms with van der Waals surface area (Å²) < 4.78 is 18.2. The van der Waals surface area contributed by atoms with Crippen molar-refractivity contribution in [2.75, 3.05) is 13.7 Å². The highest BCUT2D eigenvalue weighted by atomic mass is 16.6. The highest BCUT2D eigenvalue weighted by Gasteiger charge is 2.36. The summed E-state index contributed by atoms with van der Waals surface area (Å²) in [6.45, 7) is 6.15. The standard InChI is InChI=1S/C28H35N3O10/c1-16(33)8-6-7-9-17-10-20(31(37)38)19(11-22(17)39-5)25(28(2,3)4)40-15-18-13-30(27(36)29-26(18)35)24-12-21(34)23(14-32)41-24/h10-11,13,21,23-25,32,34H,6,8,12,14-15H2,1-5H3,(H,29,35,36)/t21?,23-,24-,25-/m1/s1. The smallest absolute Gasteiger partial charge is 0.330 e. The number of nitro benzene ring substituents is 1. The molecule has 1 aromatic carbocycles. The average molecular weight is 574 g/mol. The Bertz CT molecular complexity index is 1460. The number of aromatic nitrogens is 2. The first-order chi connectivity index (χ1) is 19.3. The number of H-pyrrole nitrogens is 1. The second-order valence-corrected chi connectivity index (χ2v) is 10.9. The van der Waals surface area contributed by atoms with Crippen LogP contribution >= 0.6 is 0 Å². The van der Waals surface area contributed by atoms with E-state index in [0.29, 0.717) is 6.42 Å². The fourth-order valence-corrected chi connectivity index (χ4v) is 4.49. The van der Waals surface area contributed by atoms with Gasteiger partial charge in [-0.15, -0.1) is 0 Å². The van der Waals surface area contributed by atoms with Crippen LogP contribution in [0.5, 0.6) is 5.75 Å². The van der Waals surface area contributed by atoms with Crippen molar-refractivity contribution in [3.05, 3.63) is 66.0 Å². The van der Waals surface area contributed by atoms with Crippen LogP contribution in [0.2, 0.25) is 0 Å². The van der Waals surface area contributed by atoms with E-state index in [9.17, 15) is 34.7 Å². The Labute approximate surface area is 236 Å². The van der Waals surface area contributed by atoms with E-state index >= 15 is 0 Å². The van der Waals surface area contributed by atoms with Crippen LogP contribution in [0.15, 0.2) is 27.9 Å². The molecule has 222 valence electrons. The van der Waals surface area contributed by atoms with E-state index in [0.717, 1.165) is 4.57 Å². The lowest BCUT2D eigenvalue weighted by Gasteiger charge is -2.31. The van der Waals surface area contributed by atoms with E-state index in [2.05, 4.69) is 16.8 Å². The zero-order chi connectivity index (χ0) is 30.5. The number of aliphatic hydroxyl groups is 2. The Morgan fingerprint density at radius 2 is 2.05 bits per heavy atom. The van der Waals surface area contributed by atoms with E-state index in [-0.39, 0.29) is 53.4 Å². The number of nitrogens with one attached hydrogen (secondary N) is 1. The van der Waals surface area contributed by atoms with E-state index in [1.165, 1.54) is 32.4 Å². The highest BCUT2D eigenvalue weighted by Crippen LogP contribution is 2.43. The molecule has 0 amide bonds. The Morgan fingerprint density at radius 1 is 1.34 bits per heavy atom. The van der Waals surface area contributed by atoms with Crippen LogP contribution in [0.4, 0.5) is 5.69 Å². The van der Waals surface area contributed by atoms with Gasteiger partial charge < -0.3 is 24.4 Å². The number of nitrogens with zero attached hydrogens (tertiary/aromatic N) is 2. The topological polar surface area (TPSA) is 183 Å². The number of rotatable bonds is 10. The molecule has 0 radical (unpaired) electrons. The summed E-state index contributed by atoms with van der Waals surface area (Å²) in [5, 5.41) is 31.6. The summed E-state index contributed by atoms with van der Waals surface area (Å²) in [6, 6.07) is 2.78. The van der Waals surface area contributed by atoms with E-state index in [4.69, 9.17) is 14.2 Å². The molecule has 0 saturated carbocycles. The molecule has 1 aromatic heterocycles. The van der Waals surface area contributed by atoms with Gasteiger partial charge in [0, 0.05) is 31.5 Å². The molecule has 3 N–H and O–H groups in total. The van der Waals surface area contributed by atoms with Crippen molar-refractivity contribution in [3.8, 4) is 17.6 Å². The van der Waals surface area contributed by atoms with Crippen LogP contribution in [-0.2, 0) is 20.9 Å². The van der Waals surface area contributed by atoms with Crippen molar-refractivity contribution < 1.29 is 34.1 Å². The van der Waals surface area contributed by atoms with Gasteiger partial charge in [-0.05, 0) is 18.4 Å². The third kappa shape index (κ3) is 7.68. The molecule has 1 aliphatic heterocycles. The van der Waals surface area contributed by atoms with Crippen LogP contribution in [0, 0.1) is 27.4 Å². The second kappa shape index (κ2) is 13.2. The molecular weight excluding hydrogens is 538 g/mol. The van der Waals surface area contributed by atoms with Crippen LogP contribution in [0.1, 0.15) is 76.0 Å². The number of benzene rings is 1. The third-order valence-electron chi connectivity index (χ3n) is 6.58. The molecule has 1 unspecified atom stereocenters. The molecule has 2 heterocycles. The Kier molecular flexibility index (Phi) is 10.2. The summed E-state index contributed by atoms with van der Waals surface area (Å²) in [7, 11) is 1.41. The number of methoxy groups -OCH3 is 1. The molecule has 1 saturated heterocycles. The van der Waals surface area contributed by atoms with Crippen molar-refractivity contribution in [1.29, 1.82) is 0 Å². The van der Waals surface area contributed by atoms with Crippen molar-refractivity contribution in [2.45, 2.75) is 78.1 Å². The van der Waals surface area contributed by atoms with Crippen LogP contribution in [-0.4, -0.2) is 56.4 Å². The summed E-state index contributed by atoms with van der Waals surface area (Å²) in [4.78, 5) is 50.1. The van der Waals surface area contributed by atoms with Gasteiger partial charge in [-0.3, -0.25) is 29.3 Å². The third-order valence-corrected chi connectivity index (χ3v) is 6.58. The zero-order valence-corrected chi connectivity index (χ0v) is 23.6. The fraction of sp³-hybridized carbons (Fsp3) is 0.536. The maximum Gasteiger partial charge on any atom is 0.330 e. The molecule has 0 bridgehead atoms. The highest BCUT2D eigenvalue weighted by molar-refractivity contribution is 5.75. The van der Waals surface area contributed by atoms with Gasteiger partial charge in [-0.25, -0.2) is 4.79 Å². The van der Waals surface area contributed by atoms with Crippen molar-refractivity contribution >= 4 is 11.5 Å². The van der Waals surface area contributed by atoms with Gasteiger partial charge in [-0.2, -0.15) is 0 Å². The first-order valence-corrected chi connectivity index (χ1v) is 13.0. The number of carbonyl (C=O) groups is 1. The van der Waals surface area contributed by atoms with Gasteiger partial charge in [-0.1, -0.05) is 32.6 Å². The number of carbonyl (C=O) groups excluding carboxylic acids is 1. The van der Waals surface area contributed by atoms with Crippen molar-refractivity contribution in [3.63, 3.8) is 0 Å². The number of hydrogen-bond acceptors (Lipinski definition) is 10. The Hall–Kier alpha value is -3.83. The molecule has 1 fully saturated rings. The molecule has 13 nitrogen and oxygen atoms in total. The maximum absolute atomic E-state index is 12.6. The van der Waals surface area contributed by atoms with Crippen molar-refractivity contribution in [1.82, 2.24) is 9.55 Å². The lowest BCUT2D eigenvalue weighted by Crippen LogP contribution is -2.35. The van der Waals surface area contributed by atoms with Crippen LogP contribution in [0.25, 0.3) is 0 Å². The number of ether oxygens (including phenoxy) is 3. The summed E-state index contributed by atoms with van der Waals surface area (Å²) in [6.07, 6.45) is -1.85. The molecule has 0 spiro atoms. The minimum absolute atomic E-state index is 0.0188. The summed E-state index contributed by atoms with van der Waals surface area (Å²) in [5.74, 6) is 5.93. The largest absolute Gasteiger partial charge is 0.495 e. The predicted molar refractivity (Wildman–Crippen MR) is 146 cm³/mol. The first-order valence-electron chi connectivity index (χ1n) is 13.0. The van der Waals surface area contributed by atoms with Gasteiger partial charge in [0.2, 0.25) is 0 Å². The van der Waals surface area contributed by atoms with Crippen LogP contribution in [0.3, 0.4) is 0 Å². The van der Waals surface area contributed by atoms with Gasteiger partial charge in [0.1, 0.15) is 23.9 Å². The number of ketones is 1. The zero-order valence-electron chi connectivity index (χ0n) is 23.6. The van der Waals surface area contributed by atoms with E-state index in [1.54, 1.807) is 0 Å². The normalized spacial score (nSPS) is 19.3. The lowest BCUT2D eigenvalue weighted by molar-refractivity contribution is -0.386. The monoisotopic (exact) mass is 573 g/mol. The van der Waals surface area contributed by atoms with Crippen molar-refractivity contribution in [2.24, 2.45) is 5.41 Å². The Morgan fingerprint density at radius 3 is 2.61 bits per heavy atom. The molecule has 0 aliphatic carbocycles. The molecule has 13 heteroatoms. The minimum Gasteiger partial charge on any atom is -0.495 e. The lowest BCUT2D eigenvalue weighted by atomic mass is 9.83. The van der Waals surface area contributed by atoms with Gasteiger partial charge in [0.15, 0.2) is 0 Å². The average Bonchev–Trinajstić information content (AvgIpc) is 3.27. The quantitative estimate of drug-likeness (QED) is 0.216. The molecule has 4 atom stereocenters. The number of nitro groups is 1. The van der Waals surface area contributed by atoms with Gasteiger partial charge in [0.25, 0.3) is 11.2 Å². The van der Waals surface area contributed by atoms with Gasteiger partial charge >= 0.3 is 5.69 Å². The van der Waals surface area contributed by atoms with Crippen LogP contribution < -0.4 is 16.0 Å². The number of hydrogen-bond donors (Lipinski definition) is 3. The second-order valence-electron chi connectivity index (χ2n) is 10.9. The first kappa shape index (κ1) is 31.7. The van der Waals surface area contributed by atoms with E-state index in [1.807, 2.05) is 20.8 Å². The maximum atomic E-state index is 12.6. The fourth-order valence-electron chi connectivity index (χ4n) is 4.49. The molecule has 41 heavy (non-hydrogen) atoms. The molecule has 3 rings (SSSR count). The number of aromatic amines is 1. The Balaban J connectivity index is 1.98. The number of Topliss-reactive ketones (excluding diaryl/α,β-unsaturated/α-hetero) is 1.